The molecule has 0 bridgehead atoms. The van der Waals surface area contributed by atoms with Gasteiger partial charge in [0.15, 0.2) is 0 Å². The van der Waals surface area contributed by atoms with Crippen molar-refractivity contribution in [3.8, 4) is 0 Å². The summed E-state index contributed by atoms with van der Waals surface area (Å²) < 4.78 is 0. The Balaban J connectivity index is 3.13. The number of nitrogens with two attached hydrogens (primary N) is 1. The number of amides is 2. The smallest absolute Gasteiger partial charge is 0.273 e. The maximum atomic E-state index is 11.8. The van der Waals surface area contributed by atoms with Crippen molar-refractivity contribution in [1.29, 1.82) is 0 Å². The van der Waals surface area contributed by atoms with E-state index in [2.05, 4.69) is 4.98 Å². The van der Waals surface area contributed by atoms with Gasteiger partial charge in [0.1, 0.15) is 5.69 Å². The van der Waals surface area contributed by atoms with E-state index in [4.69, 9.17) is 5.73 Å². The molecule has 0 radical (unpaired) electrons. The van der Waals surface area contributed by atoms with Gasteiger partial charge in [0.05, 0.1) is 5.56 Å². The zero-order chi connectivity index (χ0) is 11.4. The molecular formula is C10H13N3O2. The quantitative estimate of drug-likeness (QED) is 0.773. The van der Waals surface area contributed by atoms with Crippen molar-refractivity contribution in [3.63, 3.8) is 0 Å². The van der Waals surface area contributed by atoms with Gasteiger partial charge in [-0.25, -0.2) is 0 Å². The van der Waals surface area contributed by atoms with E-state index in [1.54, 1.807) is 13.1 Å². The fraction of sp³-hybridized carbons (Fsp3) is 0.300. The van der Waals surface area contributed by atoms with Crippen molar-refractivity contribution in [3.05, 3.63) is 29.6 Å². The van der Waals surface area contributed by atoms with Gasteiger partial charge in [-0.05, 0) is 19.1 Å². The largest absolute Gasteiger partial charge is 0.366 e. The first-order chi connectivity index (χ1) is 7.07. The third kappa shape index (κ3) is 2.31. The van der Waals surface area contributed by atoms with Crippen LogP contribution in [-0.4, -0.2) is 35.3 Å². The first-order valence-corrected chi connectivity index (χ1v) is 4.58. The van der Waals surface area contributed by atoms with Gasteiger partial charge >= 0.3 is 0 Å². The SMILES string of the molecule is CCN(C)C(=O)c1ncccc1C(N)=O. The van der Waals surface area contributed by atoms with Crippen molar-refractivity contribution >= 4 is 11.8 Å². The molecule has 1 rings (SSSR count). The molecule has 2 amide bonds. The molecular weight excluding hydrogens is 194 g/mol. The van der Waals surface area contributed by atoms with E-state index in [9.17, 15) is 9.59 Å². The van der Waals surface area contributed by atoms with Crippen molar-refractivity contribution in [2.24, 2.45) is 5.73 Å². The number of pyridine rings is 1. The van der Waals surface area contributed by atoms with Gasteiger partial charge in [-0.3, -0.25) is 14.6 Å². The highest BCUT2D eigenvalue weighted by atomic mass is 16.2. The van der Waals surface area contributed by atoms with Gasteiger partial charge in [-0.1, -0.05) is 0 Å². The van der Waals surface area contributed by atoms with Crippen LogP contribution in [0.4, 0.5) is 0 Å². The molecule has 0 aliphatic carbocycles. The molecule has 1 aromatic rings. The molecule has 0 aliphatic rings. The van der Waals surface area contributed by atoms with E-state index in [1.807, 2.05) is 6.92 Å². The minimum atomic E-state index is -0.643. The Bertz CT molecular complexity index is 390. The van der Waals surface area contributed by atoms with Crippen LogP contribution in [0.3, 0.4) is 0 Å². The monoisotopic (exact) mass is 207 g/mol. The summed E-state index contributed by atoms with van der Waals surface area (Å²) in [7, 11) is 1.64. The Hall–Kier alpha value is -1.91. The summed E-state index contributed by atoms with van der Waals surface area (Å²) in [6.07, 6.45) is 1.46. The zero-order valence-electron chi connectivity index (χ0n) is 8.73. The summed E-state index contributed by atoms with van der Waals surface area (Å²) in [6, 6.07) is 3.06. The standard InChI is InChI=1S/C10H13N3O2/c1-3-13(2)10(15)8-7(9(11)14)5-4-6-12-8/h4-6H,3H2,1-2H3,(H2,11,14). The fourth-order valence-corrected chi connectivity index (χ4v) is 1.10. The first kappa shape index (κ1) is 11.2. The van der Waals surface area contributed by atoms with Crippen LogP contribution in [-0.2, 0) is 0 Å². The highest BCUT2D eigenvalue weighted by molar-refractivity contribution is 6.05. The lowest BCUT2D eigenvalue weighted by Gasteiger charge is -2.14. The molecule has 5 nitrogen and oxygen atoms in total. The number of nitrogens with zero attached hydrogens (tertiary/aromatic N) is 2. The molecule has 0 saturated heterocycles. The molecule has 0 saturated carbocycles. The summed E-state index contributed by atoms with van der Waals surface area (Å²) >= 11 is 0. The van der Waals surface area contributed by atoms with E-state index in [1.165, 1.54) is 17.2 Å². The highest BCUT2D eigenvalue weighted by Crippen LogP contribution is 2.07. The lowest BCUT2D eigenvalue weighted by Crippen LogP contribution is -2.29. The summed E-state index contributed by atoms with van der Waals surface area (Å²) in [4.78, 5) is 28.1. The molecule has 0 atom stereocenters. The number of carbonyl (C=O) groups is 2. The number of hydrogen-bond donors (Lipinski definition) is 1. The lowest BCUT2D eigenvalue weighted by molar-refractivity contribution is 0.0790. The average Bonchev–Trinajstić information content (AvgIpc) is 2.27. The predicted molar refractivity (Wildman–Crippen MR) is 55.4 cm³/mol. The van der Waals surface area contributed by atoms with Crippen molar-refractivity contribution in [1.82, 2.24) is 9.88 Å². The number of carbonyl (C=O) groups excluding carboxylic acids is 2. The molecule has 1 aromatic heterocycles. The van der Waals surface area contributed by atoms with E-state index < -0.39 is 5.91 Å². The Morgan fingerprint density at radius 2 is 2.20 bits per heavy atom. The highest BCUT2D eigenvalue weighted by Gasteiger charge is 2.18. The molecule has 0 fully saturated rings. The Morgan fingerprint density at radius 1 is 1.53 bits per heavy atom. The normalized spacial score (nSPS) is 9.73. The number of primary amides is 1. The van der Waals surface area contributed by atoms with Crippen molar-refractivity contribution in [2.45, 2.75) is 6.92 Å². The Labute approximate surface area is 87.9 Å². The van der Waals surface area contributed by atoms with Gasteiger partial charge in [0.2, 0.25) is 0 Å². The van der Waals surface area contributed by atoms with Crippen LogP contribution < -0.4 is 5.73 Å². The summed E-state index contributed by atoms with van der Waals surface area (Å²) in [5.74, 6) is -0.942. The van der Waals surface area contributed by atoms with Crippen LogP contribution in [0.15, 0.2) is 18.3 Å². The van der Waals surface area contributed by atoms with Crippen LogP contribution in [0.1, 0.15) is 27.8 Å². The van der Waals surface area contributed by atoms with Gasteiger partial charge < -0.3 is 10.6 Å². The van der Waals surface area contributed by atoms with Gasteiger partial charge in [0, 0.05) is 19.8 Å². The molecule has 0 aromatic carbocycles. The second kappa shape index (κ2) is 4.54. The molecule has 0 aliphatic heterocycles. The van der Waals surface area contributed by atoms with Gasteiger partial charge in [0.25, 0.3) is 11.8 Å². The molecule has 1 heterocycles. The van der Waals surface area contributed by atoms with E-state index in [-0.39, 0.29) is 17.2 Å². The molecule has 0 unspecified atom stereocenters. The minimum Gasteiger partial charge on any atom is -0.366 e. The van der Waals surface area contributed by atoms with E-state index in [0.29, 0.717) is 6.54 Å². The predicted octanol–water partition coefficient (Wildman–Crippen LogP) is 0.272. The second-order valence-corrected chi connectivity index (χ2v) is 3.08. The summed E-state index contributed by atoms with van der Waals surface area (Å²) in [5.41, 5.74) is 5.41. The Kier molecular flexibility index (Phi) is 3.38. The van der Waals surface area contributed by atoms with Crippen LogP contribution >= 0.6 is 0 Å². The van der Waals surface area contributed by atoms with Crippen LogP contribution in [0.5, 0.6) is 0 Å². The third-order valence-electron chi connectivity index (χ3n) is 2.10. The number of hydrogen-bond acceptors (Lipinski definition) is 3. The summed E-state index contributed by atoms with van der Waals surface area (Å²) in [6.45, 7) is 2.39. The van der Waals surface area contributed by atoms with Crippen LogP contribution in [0.25, 0.3) is 0 Å². The van der Waals surface area contributed by atoms with Crippen molar-refractivity contribution < 1.29 is 9.59 Å². The molecule has 0 spiro atoms. The topological polar surface area (TPSA) is 76.3 Å². The Morgan fingerprint density at radius 3 is 2.73 bits per heavy atom. The number of aromatic nitrogens is 1. The van der Waals surface area contributed by atoms with Gasteiger partial charge in [-0.15, -0.1) is 0 Å². The van der Waals surface area contributed by atoms with Crippen LogP contribution in [0.2, 0.25) is 0 Å². The maximum absolute atomic E-state index is 11.8. The maximum Gasteiger partial charge on any atom is 0.273 e. The zero-order valence-corrected chi connectivity index (χ0v) is 8.73. The van der Waals surface area contributed by atoms with Crippen molar-refractivity contribution in [2.75, 3.05) is 13.6 Å². The molecule has 80 valence electrons. The molecule has 2 N–H and O–H groups in total. The number of rotatable bonds is 3. The molecule has 15 heavy (non-hydrogen) atoms. The summed E-state index contributed by atoms with van der Waals surface area (Å²) in [5, 5.41) is 0. The lowest BCUT2D eigenvalue weighted by atomic mass is 10.1. The third-order valence-corrected chi connectivity index (χ3v) is 2.10. The average molecular weight is 207 g/mol. The molecule has 5 heteroatoms. The van der Waals surface area contributed by atoms with Crippen LogP contribution in [0, 0.1) is 0 Å². The van der Waals surface area contributed by atoms with Gasteiger partial charge in [-0.2, -0.15) is 0 Å². The fourth-order valence-electron chi connectivity index (χ4n) is 1.10. The van der Waals surface area contributed by atoms with E-state index in [0.717, 1.165) is 0 Å². The second-order valence-electron chi connectivity index (χ2n) is 3.08. The first-order valence-electron chi connectivity index (χ1n) is 4.58. The van der Waals surface area contributed by atoms with E-state index >= 15 is 0 Å². The minimum absolute atomic E-state index is 0.106.